The van der Waals surface area contributed by atoms with Crippen molar-refractivity contribution < 1.29 is 9.84 Å². The fourth-order valence-electron chi connectivity index (χ4n) is 2.11. The number of methoxy groups -OCH3 is 1. The van der Waals surface area contributed by atoms with Gasteiger partial charge in [0.15, 0.2) is 0 Å². The van der Waals surface area contributed by atoms with Crippen molar-refractivity contribution in [2.45, 2.75) is 6.54 Å². The number of hydrogen-bond acceptors (Lipinski definition) is 4. The fourth-order valence-corrected chi connectivity index (χ4v) is 2.11. The van der Waals surface area contributed by atoms with Crippen LogP contribution >= 0.6 is 0 Å². The van der Waals surface area contributed by atoms with Crippen LogP contribution in [0.15, 0.2) is 18.2 Å². The highest BCUT2D eigenvalue weighted by molar-refractivity contribution is 5.39. The second kappa shape index (κ2) is 5.38. The maximum absolute atomic E-state index is 9.41. The Labute approximate surface area is 102 Å². The molecular formula is C13H20N2O2. The molecule has 94 valence electrons. The van der Waals surface area contributed by atoms with E-state index in [1.54, 1.807) is 19.2 Å². The van der Waals surface area contributed by atoms with Gasteiger partial charge >= 0.3 is 0 Å². The molecule has 17 heavy (non-hydrogen) atoms. The van der Waals surface area contributed by atoms with E-state index in [9.17, 15) is 5.11 Å². The molecule has 0 unspecified atom stereocenters. The van der Waals surface area contributed by atoms with E-state index >= 15 is 0 Å². The van der Waals surface area contributed by atoms with Gasteiger partial charge in [-0.15, -0.1) is 0 Å². The maximum atomic E-state index is 9.41. The van der Waals surface area contributed by atoms with Gasteiger partial charge in [0.25, 0.3) is 0 Å². The topological polar surface area (TPSA) is 35.9 Å². The Bertz CT molecular complexity index is 374. The molecule has 0 bridgehead atoms. The van der Waals surface area contributed by atoms with Crippen LogP contribution in [-0.2, 0) is 6.54 Å². The van der Waals surface area contributed by atoms with Crippen LogP contribution in [0.5, 0.6) is 11.5 Å². The zero-order chi connectivity index (χ0) is 12.3. The minimum absolute atomic E-state index is 0.254. The summed E-state index contributed by atoms with van der Waals surface area (Å²) >= 11 is 0. The molecule has 4 heteroatoms. The van der Waals surface area contributed by atoms with Crippen molar-refractivity contribution in [3.63, 3.8) is 0 Å². The lowest BCUT2D eigenvalue weighted by molar-refractivity contribution is 0.147. The lowest BCUT2D eigenvalue weighted by atomic mass is 10.1. The fraction of sp³-hybridized carbons (Fsp3) is 0.538. The second-order valence-corrected chi connectivity index (χ2v) is 4.58. The zero-order valence-corrected chi connectivity index (χ0v) is 10.5. The third-order valence-electron chi connectivity index (χ3n) is 3.26. The molecule has 1 aromatic carbocycles. The predicted octanol–water partition coefficient (Wildman–Crippen LogP) is 1.15. The van der Waals surface area contributed by atoms with Gasteiger partial charge in [0, 0.05) is 44.4 Å². The molecular weight excluding hydrogens is 216 g/mol. The Hall–Kier alpha value is -1.26. The first kappa shape index (κ1) is 12.2. The molecule has 1 aliphatic rings. The number of benzene rings is 1. The third kappa shape index (κ3) is 3.11. The molecule has 2 rings (SSSR count). The molecule has 1 saturated heterocycles. The number of phenols is 1. The van der Waals surface area contributed by atoms with Crippen LogP contribution in [0.2, 0.25) is 0 Å². The van der Waals surface area contributed by atoms with E-state index in [4.69, 9.17) is 4.74 Å². The first-order valence-corrected chi connectivity index (χ1v) is 5.96. The van der Waals surface area contributed by atoms with Gasteiger partial charge in [-0.3, -0.25) is 4.90 Å². The number of ether oxygens (including phenoxy) is 1. The molecule has 0 spiro atoms. The molecule has 1 N–H and O–H groups in total. The standard InChI is InChI=1S/C13H20N2O2/c1-14-5-7-15(8-6-14)10-11-3-4-12(16)9-13(11)17-2/h3-4,9,16H,5-8,10H2,1-2H3. The van der Waals surface area contributed by atoms with Crippen LogP contribution in [0.1, 0.15) is 5.56 Å². The lowest BCUT2D eigenvalue weighted by Gasteiger charge is -2.32. The molecule has 1 aliphatic heterocycles. The van der Waals surface area contributed by atoms with Gasteiger partial charge in [-0.25, -0.2) is 0 Å². The SMILES string of the molecule is COc1cc(O)ccc1CN1CCN(C)CC1. The molecule has 1 aromatic rings. The quantitative estimate of drug-likeness (QED) is 0.854. The maximum Gasteiger partial charge on any atom is 0.127 e. The third-order valence-corrected chi connectivity index (χ3v) is 3.26. The van der Waals surface area contributed by atoms with Crippen LogP contribution in [-0.4, -0.2) is 55.2 Å². The Balaban J connectivity index is 2.03. The lowest BCUT2D eigenvalue weighted by Crippen LogP contribution is -2.43. The van der Waals surface area contributed by atoms with Crippen molar-refractivity contribution in [1.82, 2.24) is 9.80 Å². The summed E-state index contributed by atoms with van der Waals surface area (Å²) in [7, 11) is 3.79. The first-order chi connectivity index (χ1) is 8.19. The van der Waals surface area contributed by atoms with Gasteiger partial charge in [-0.1, -0.05) is 6.07 Å². The van der Waals surface area contributed by atoms with Crippen LogP contribution < -0.4 is 4.74 Å². The van der Waals surface area contributed by atoms with E-state index in [1.165, 1.54) is 0 Å². The highest BCUT2D eigenvalue weighted by atomic mass is 16.5. The van der Waals surface area contributed by atoms with Gasteiger partial charge in [0.05, 0.1) is 7.11 Å². The summed E-state index contributed by atoms with van der Waals surface area (Å²) in [4.78, 5) is 4.75. The molecule has 4 nitrogen and oxygen atoms in total. The second-order valence-electron chi connectivity index (χ2n) is 4.58. The molecule has 0 atom stereocenters. The number of nitrogens with zero attached hydrogens (tertiary/aromatic N) is 2. The van der Waals surface area contributed by atoms with Crippen molar-refractivity contribution in [2.75, 3.05) is 40.3 Å². The van der Waals surface area contributed by atoms with E-state index in [-0.39, 0.29) is 5.75 Å². The van der Waals surface area contributed by atoms with Gasteiger partial charge in [-0.05, 0) is 13.1 Å². The molecule has 1 heterocycles. The summed E-state index contributed by atoms with van der Waals surface area (Å²) in [5.74, 6) is 1.02. The number of likely N-dealkylation sites (N-methyl/N-ethyl adjacent to an activating group) is 1. The van der Waals surface area contributed by atoms with Gasteiger partial charge < -0.3 is 14.7 Å². The van der Waals surface area contributed by atoms with Crippen molar-refractivity contribution in [3.8, 4) is 11.5 Å². The van der Waals surface area contributed by atoms with Crippen LogP contribution in [0, 0.1) is 0 Å². The van der Waals surface area contributed by atoms with Crippen molar-refractivity contribution in [3.05, 3.63) is 23.8 Å². The smallest absolute Gasteiger partial charge is 0.127 e. The number of phenolic OH excluding ortho intramolecular Hbond substituents is 1. The summed E-state index contributed by atoms with van der Waals surface area (Å²) in [5.41, 5.74) is 1.13. The average Bonchev–Trinajstić information content (AvgIpc) is 2.34. The molecule has 0 saturated carbocycles. The van der Waals surface area contributed by atoms with Crippen LogP contribution in [0.4, 0.5) is 0 Å². The summed E-state index contributed by atoms with van der Waals surface area (Å²) in [5, 5.41) is 9.41. The molecule has 0 aromatic heterocycles. The largest absolute Gasteiger partial charge is 0.508 e. The Morgan fingerprint density at radius 2 is 1.94 bits per heavy atom. The van der Waals surface area contributed by atoms with E-state index in [2.05, 4.69) is 16.8 Å². The van der Waals surface area contributed by atoms with E-state index in [0.717, 1.165) is 44.0 Å². The number of piperazine rings is 1. The summed E-state index contributed by atoms with van der Waals surface area (Å²) in [6.45, 7) is 5.28. The monoisotopic (exact) mass is 236 g/mol. The normalized spacial score (nSPS) is 18.2. The van der Waals surface area contributed by atoms with Crippen molar-refractivity contribution >= 4 is 0 Å². The van der Waals surface area contributed by atoms with Crippen molar-refractivity contribution in [1.29, 1.82) is 0 Å². The predicted molar refractivity (Wildman–Crippen MR) is 67.4 cm³/mol. The zero-order valence-electron chi connectivity index (χ0n) is 10.5. The first-order valence-electron chi connectivity index (χ1n) is 5.96. The van der Waals surface area contributed by atoms with Gasteiger partial charge in [-0.2, -0.15) is 0 Å². The number of aromatic hydroxyl groups is 1. The highest BCUT2D eigenvalue weighted by Crippen LogP contribution is 2.25. The van der Waals surface area contributed by atoms with Gasteiger partial charge in [0.2, 0.25) is 0 Å². The van der Waals surface area contributed by atoms with Crippen LogP contribution in [0.3, 0.4) is 0 Å². The summed E-state index contributed by atoms with van der Waals surface area (Å²) < 4.78 is 5.29. The summed E-state index contributed by atoms with van der Waals surface area (Å²) in [6.07, 6.45) is 0. The van der Waals surface area contributed by atoms with Gasteiger partial charge in [0.1, 0.15) is 11.5 Å². The Kier molecular flexibility index (Phi) is 3.86. The van der Waals surface area contributed by atoms with E-state index < -0.39 is 0 Å². The molecule has 1 fully saturated rings. The van der Waals surface area contributed by atoms with E-state index in [0.29, 0.717) is 0 Å². The molecule has 0 radical (unpaired) electrons. The highest BCUT2D eigenvalue weighted by Gasteiger charge is 2.15. The van der Waals surface area contributed by atoms with Crippen LogP contribution in [0.25, 0.3) is 0 Å². The molecule has 0 amide bonds. The van der Waals surface area contributed by atoms with E-state index in [1.807, 2.05) is 6.07 Å². The Morgan fingerprint density at radius 3 is 2.59 bits per heavy atom. The Morgan fingerprint density at radius 1 is 1.24 bits per heavy atom. The molecule has 0 aliphatic carbocycles. The number of hydrogen-bond donors (Lipinski definition) is 1. The minimum atomic E-state index is 0.254. The minimum Gasteiger partial charge on any atom is -0.508 e. The van der Waals surface area contributed by atoms with Crippen molar-refractivity contribution in [2.24, 2.45) is 0 Å². The number of rotatable bonds is 3. The summed E-state index contributed by atoms with van der Waals surface area (Å²) in [6, 6.07) is 5.33. The average molecular weight is 236 g/mol.